The molecule has 0 aromatic heterocycles. The van der Waals surface area contributed by atoms with Crippen LogP contribution in [-0.2, 0) is 14.3 Å². The van der Waals surface area contributed by atoms with E-state index < -0.39 is 11.8 Å². The highest BCUT2D eigenvalue weighted by molar-refractivity contribution is 6.33. The molecule has 0 bridgehead atoms. The van der Waals surface area contributed by atoms with Crippen LogP contribution in [-0.4, -0.2) is 18.9 Å². The van der Waals surface area contributed by atoms with Crippen LogP contribution in [0.25, 0.3) is 0 Å². The lowest BCUT2D eigenvalue weighted by molar-refractivity contribution is -0.152. The van der Waals surface area contributed by atoms with Crippen LogP contribution in [0.1, 0.15) is 33.6 Å². The van der Waals surface area contributed by atoms with E-state index in [2.05, 4.69) is 4.74 Å². The van der Waals surface area contributed by atoms with Gasteiger partial charge in [0.25, 0.3) is 0 Å². The standard InChI is InChI=1S/C9H16O3/c1-5-9(2,3)6-7(10)8(11)12-4/h5-6H2,1-4H3. The van der Waals surface area contributed by atoms with Gasteiger partial charge in [-0.05, 0) is 5.41 Å². The van der Waals surface area contributed by atoms with Gasteiger partial charge in [-0.1, -0.05) is 27.2 Å². The number of Topliss-reactive ketones (excluding diaryl/α,β-unsaturated/α-hetero) is 1. The van der Waals surface area contributed by atoms with Gasteiger partial charge in [-0.3, -0.25) is 4.79 Å². The topological polar surface area (TPSA) is 43.4 Å². The van der Waals surface area contributed by atoms with Crippen molar-refractivity contribution in [2.45, 2.75) is 33.6 Å². The molecule has 3 heteroatoms. The van der Waals surface area contributed by atoms with Crippen molar-refractivity contribution in [3.63, 3.8) is 0 Å². The van der Waals surface area contributed by atoms with E-state index in [9.17, 15) is 9.59 Å². The molecule has 0 unspecified atom stereocenters. The van der Waals surface area contributed by atoms with Crippen molar-refractivity contribution in [1.29, 1.82) is 0 Å². The predicted molar refractivity (Wildman–Crippen MR) is 45.7 cm³/mol. The fraction of sp³-hybridized carbons (Fsp3) is 0.778. The molecule has 3 nitrogen and oxygen atoms in total. The normalized spacial score (nSPS) is 11.0. The summed E-state index contributed by atoms with van der Waals surface area (Å²) in [6.07, 6.45) is 1.13. The Kier molecular flexibility index (Phi) is 3.93. The summed E-state index contributed by atoms with van der Waals surface area (Å²) in [7, 11) is 1.22. The Labute approximate surface area is 73.1 Å². The summed E-state index contributed by atoms with van der Waals surface area (Å²) in [6, 6.07) is 0. The molecular formula is C9H16O3. The lowest BCUT2D eigenvalue weighted by Crippen LogP contribution is -2.23. The fourth-order valence-electron chi connectivity index (χ4n) is 0.746. The number of hydrogen-bond acceptors (Lipinski definition) is 3. The molecule has 0 N–H and O–H groups in total. The summed E-state index contributed by atoms with van der Waals surface area (Å²) in [4.78, 5) is 21.8. The molecule has 0 radical (unpaired) electrons. The molecule has 0 saturated carbocycles. The summed E-state index contributed by atoms with van der Waals surface area (Å²) < 4.78 is 4.31. The lowest BCUT2D eigenvalue weighted by Gasteiger charge is -2.20. The van der Waals surface area contributed by atoms with Gasteiger partial charge in [0.2, 0.25) is 5.78 Å². The summed E-state index contributed by atoms with van der Waals surface area (Å²) in [5, 5.41) is 0. The molecule has 70 valence electrons. The number of rotatable bonds is 4. The van der Waals surface area contributed by atoms with Crippen LogP contribution < -0.4 is 0 Å². The second-order valence-corrected chi connectivity index (χ2v) is 3.61. The van der Waals surface area contributed by atoms with Crippen LogP contribution in [0.2, 0.25) is 0 Å². The maximum absolute atomic E-state index is 11.1. The Hall–Kier alpha value is -0.860. The van der Waals surface area contributed by atoms with Gasteiger partial charge in [0, 0.05) is 6.42 Å². The smallest absolute Gasteiger partial charge is 0.374 e. The summed E-state index contributed by atoms with van der Waals surface area (Å²) >= 11 is 0. The van der Waals surface area contributed by atoms with Gasteiger partial charge in [-0.2, -0.15) is 0 Å². The van der Waals surface area contributed by atoms with Crippen LogP contribution in [0.4, 0.5) is 0 Å². The van der Waals surface area contributed by atoms with E-state index in [1.54, 1.807) is 0 Å². The average molecular weight is 172 g/mol. The van der Waals surface area contributed by atoms with Crippen molar-refractivity contribution in [2.75, 3.05) is 7.11 Å². The van der Waals surface area contributed by atoms with Gasteiger partial charge in [0.1, 0.15) is 0 Å². The highest BCUT2D eigenvalue weighted by atomic mass is 16.5. The SMILES string of the molecule is CCC(C)(C)CC(=O)C(=O)OC. The Morgan fingerprint density at radius 3 is 2.17 bits per heavy atom. The predicted octanol–water partition coefficient (Wildman–Crippen LogP) is 1.55. The minimum absolute atomic E-state index is 0.106. The Bertz CT molecular complexity index is 182. The maximum atomic E-state index is 11.1. The molecule has 0 aromatic rings. The third-order valence-corrected chi connectivity index (χ3v) is 2.01. The van der Waals surface area contributed by atoms with E-state index in [-0.39, 0.29) is 11.8 Å². The first kappa shape index (κ1) is 11.1. The highest BCUT2D eigenvalue weighted by Crippen LogP contribution is 2.24. The van der Waals surface area contributed by atoms with E-state index in [0.717, 1.165) is 6.42 Å². The summed E-state index contributed by atoms with van der Waals surface area (Å²) in [5.74, 6) is -1.18. The zero-order chi connectivity index (χ0) is 9.78. The zero-order valence-electron chi connectivity index (χ0n) is 8.14. The van der Waals surface area contributed by atoms with Crippen LogP contribution in [0, 0.1) is 5.41 Å². The van der Waals surface area contributed by atoms with E-state index in [4.69, 9.17) is 0 Å². The molecule has 0 atom stereocenters. The zero-order valence-corrected chi connectivity index (χ0v) is 8.14. The molecule has 12 heavy (non-hydrogen) atoms. The first-order valence-electron chi connectivity index (χ1n) is 4.04. The first-order valence-corrected chi connectivity index (χ1v) is 4.04. The number of carbonyl (C=O) groups excluding carboxylic acids is 2. The number of methoxy groups -OCH3 is 1. The Morgan fingerprint density at radius 2 is 1.83 bits per heavy atom. The second kappa shape index (κ2) is 4.24. The van der Waals surface area contributed by atoms with Gasteiger partial charge in [-0.25, -0.2) is 4.79 Å². The molecule has 0 rings (SSSR count). The van der Waals surface area contributed by atoms with E-state index in [0.29, 0.717) is 0 Å². The highest BCUT2D eigenvalue weighted by Gasteiger charge is 2.24. The quantitative estimate of drug-likeness (QED) is 0.477. The van der Waals surface area contributed by atoms with Crippen molar-refractivity contribution in [1.82, 2.24) is 0 Å². The lowest BCUT2D eigenvalue weighted by atomic mass is 9.85. The maximum Gasteiger partial charge on any atom is 0.374 e. The van der Waals surface area contributed by atoms with Crippen molar-refractivity contribution in [2.24, 2.45) is 5.41 Å². The molecule has 0 amide bonds. The van der Waals surface area contributed by atoms with Gasteiger partial charge in [0.05, 0.1) is 7.11 Å². The molecule has 0 aliphatic rings. The molecule has 0 aliphatic carbocycles. The van der Waals surface area contributed by atoms with Crippen LogP contribution in [0.3, 0.4) is 0 Å². The van der Waals surface area contributed by atoms with E-state index >= 15 is 0 Å². The van der Waals surface area contributed by atoms with Gasteiger partial charge >= 0.3 is 5.97 Å². The number of carbonyl (C=O) groups is 2. The number of ether oxygens (including phenoxy) is 1. The fourth-order valence-corrected chi connectivity index (χ4v) is 0.746. The van der Waals surface area contributed by atoms with E-state index in [1.807, 2.05) is 20.8 Å². The van der Waals surface area contributed by atoms with Crippen molar-refractivity contribution in [3.8, 4) is 0 Å². The second-order valence-electron chi connectivity index (χ2n) is 3.61. The Morgan fingerprint density at radius 1 is 1.33 bits per heavy atom. The van der Waals surface area contributed by atoms with Gasteiger partial charge in [-0.15, -0.1) is 0 Å². The molecule has 0 aliphatic heterocycles. The average Bonchev–Trinajstić information content (AvgIpc) is 2.02. The van der Waals surface area contributed by atoms with Gasteiger partial charge < -0.3 is 4.74 Å². The number of esters is 1. The van der Waals surface area contributed by atoms with Crippen molar-refractivity contribution in [3.05, 3.63) is 0 Å². The van der Waals surface area contributed by atoms with E-state index in [1.165, 1.54) is 7.11 Å². The minimum Gasteiger partial charge on any atom is -0.463 e. The van der Waals surface area contributed by atoms with Crippen LogP contribution in [0.5, 0.6) is 0 Å². The number of hydrogen-bond donors (Lipinski definition) is 0. The van der Waals surface area contributed by atoms with Gasteiger partial charge in [0.15, 0.2) is 0 Å². The Balaban J connectivity index is 4.09. The first-order chi connectivity index (χ1) is 5.43. The third kappa shape index (κ3) is 3.51. The minimum atomic E-state index is -0.739. The third-order valence-electron chi connectivity index (χ3n) is 2.01. The molecule has 0 spiro atoms. The summed E-state index contributed by atoms with van der Waals surface area (Å²) in [6.45, 7) is 5.90. The van der Waals surface area contributed by atoms with Crippen molar-refractivity contribution >= 4 is 11.8 Å². The summed E-state index contributed by atoms with van der Waals surface area (Å²) in [5.41, 5.74) is -0.106. The monoisotopic (exact) mass is 172 g/mol. The van der Waals surface area contributed by atoms with Crippen molar-refractivity contribution < 1.29 is 14.3 Å². The molecular weight excluding hydrogens is 156 g/mol. The number of ketones is 1. The van der Waals surface area contributed by atoms with Crippen LogP contribution in [0.15, 0.2) is 0 Å². The molecule has 0 heterocycles. The molecule has 0 fully saturated rings. The molecule has 0 saturated heterocycles. The molecule has 0 aromatic carbocycles. The van der Waals surface area contributed by atoms with Crippen LogP contribution >= 0.6 is 0 Å². The largest absolute Gasteiger partial charge is 0.463 e.